The number of nitrogens with zero attached hydrogens (tertiary/aromatic N) is 4. The van der Waals surface area contributed by atoms with Gasteiger partial charge in [0.15, 0.2) is 0 Å². The van der Waals surface area contributed by atoms with E-state index in [-0.39, 0.29) is 29.3 Å². The highest BCUT2D eigenvalue weighted by Crippen LogP contribution is 2.31. The van der Waals surface area contributed by atoms with Crippen molar-refractivity contribution in [1.82, 2.24) is 10.2 Å². The van der Waals surface area contributed by atoms with Crippen LogP contribution in [0.1, 0.15) is 48.0 Å². The topological polar surface area (TPSA) is 110 Å². The number of amidine groups is 1. The van der Waals surface area contributed by atoms with Crippen LogP contribution in [0.5, 0.6) is 0 Å². The number of anilines is 1. The molecule has 0 spiro atoms. The van der Waals surface area contributed by atoms with E-state index in [0.29, 0.717) is 30.4 Å². The van der Waals surface area contributed by atoms with Crippen LogP contribution in [0.3, 0.4) is 0 Å². The van der Waals surface area contributed by atoms with Gasteiger partial charge in [-0.1, -0.05) is 12.8 Å². The van der Waals surface area contributed by atoms with Crippen LogP contribution in [-0.2, 0) is 11.2 Å². The Balaban J connectivity index is 1.43. The molecule has 1 fully saturated rings. The van der Waals surface area contributed by atoms with E-state index < -0.39 is 0 Å². The summed E-state index contributed by atoms with van der Waals surface area (Å²) in [4.78, 5) is 36.1. The van der Waals surface area contributed by atoms with Crippen molar-refractivity contribution in [3.8, 4) is 6.07 Å². The number of aliphatic imine (C=N–C) groups is 2. The van der Waals surface area contributed by atoms with Gasteiger partial charge in [-0.3, -0.25) is 14.5 Å². The van der Waals surface area contributed by atoms with Gasteiger partial charge < -0.3 is 10.6 Å². The van der Waals surface area contributed by atoms with Gasteiger partial charge in [-0.25, -0.2) is 4.99 Å². The lowest BCUT2D eigenvalue weighted by atomic mass is 9.95. The molecule has 1 unspecified atom stereocenters. The maximum atomic E-state index is 12.9. The fourth-order valence-corrected chi connectivity index (χ4v) is 4.83. The number of guanidine groups is 1. The summed E-state index contributed by atoms with van der Waals surface area (Å²) in [6, 6.07) is 7.80. The largest absolute Gasteiger partial charge is 0.352 e. The molecule has 1 atom stereocenters. The Bertz CT molecular complexity index is 1070. The molecule has 1 saturated carbocycles. The third kappa shape index (κ3) is 3.61. The number of nitriles is 1. The quantitative estimate of drug-likeness (QED) is 0.771. The molecule has 5 rings (SSSR count). The molecule has 1 aliphatic carbocycles. The number of benzene rings is 1. The summed E-state index contributed by atoms with van der Waals surface area (Å²) in [5, 5.41) is 15.6. The van der Waals surface area contributed by atoms with E-state index in [0.717, 1.165) is 49.8 Å². The van der Waals surface area contributed by atoms with Gasteiger partial charge >= 0.3 is 0 Å². The Morgan fingerprint density at radius 3 is 2.84 bits per heavy atom. The standard InChI is InChI=1S/C23H24N6O2/c24-12-15-10-16-13-26-23(28-20(16)29(22(15)31)18-5-1-2-6-18)27-17-7-8-19-14(11-17)4-3-9-25-21(19)30/h7-8,10-11,16,18H,1-6,9,13H2,(H,25,30)(H,26,27). The molecule has 0 radical (unpaired) electrons. The smallest absolute Gasteiger partial charge is 0.269 e. The second kappa shape index (κ2) is 7.99. The van der Waals surface area contributed by atoms with E-state index in [9.17, 15) is 14.9 Å². The van der Waals surface area contributed by atoms with Gasteiger partial charge in [-0.2, -0.15) is 10.3 Å². The first-order chi connectivity index (χ1) is 15.1. The molecular formula is C23H24N6O2. The van der Waals surface area contributed by atoms with Crippen LogP contribution in [0.2, 0.25) is 0 Å². The molecule has 2 amide bonds. The van der Waals surface area contributed by atoms with Crippen LogP contribution < -0.4 is 10.6 Å². The minimum atomic E-state index is -0.248. The number of nitrogens with one attached hydrogen (secondary N) is 2. The van der Waals surface area contributed by atoms with Crippen LogP contribution in [0.15, 0.2) is 39.8 Å². The molecule has 8 heteroatoms. The normalized spacial score (nSPS) is 23.5. The molecule has 3 aliphatic heterocycles. The minimum Gasteiger partial charge on any atom is -0.352 e. The van der Waals surface area contributed by atoms with Gasteiger partial charge in [-0.05, 0) is 55.5 Å². The first-order valence-electron chi connectivity index (χ1n) is 10.9. The third-order valence-electron chi connectivity index (χ3n) is 6.38. The van der Waals surface area contributed by atoms with Crippen LogP contribution in [0.25, 0.3) is 0 Å². The predicted molar refractivity (Wildman–Crippen MR) is 117 cm³/mol. The number of carbonyl (C=O) groups excluding carboxylic acids is 2. The summed E-state index contributed by atoms with van der Waals surface area (Å²) in [6.45, 7) is 1.12. The van der Waals surface area contributed by atoms with Gasteiger partial charge in [0.2, 0.25) is 5.96 Å². The Hall–Kier alpha value is -3.47. The summed E-state index contributed by atoms with van der Waals surface area (Å²) >= 11 is 0. The van der Waals surface area contributed by atoms with Crippen LogP contribution in [0, 0.1) is 17.2 Å². The lowest BCUT2D eigenvalue weighted by molar-refractivity contribution is -0.125. The van der Waals surface area contributed by atoms with E-state index in [1.165, 1.54) is 0 Å². The first-order valence-corrected chi connectivity index (χ1v) is 10.9. The Labute approximate surface area is 180 Å². The van der Waals surface area contributed by atoms with Crippen molar-refractivity contribution >= 4 is 29.3 Å². The Kier molecular flexibility index (Phi) is 5.02. The van der Waals surface area contributed by atoms with Crippen molar-refractivity contribution in [3.63, 3.8) is 0 Å². The van der Waals surface area contributed by atoms with Gasteiger partial charge in [0.25, 0.3) is 11.8 Å². The van der Waals surface area contributed by atoms with Crippen molar-refractivity contribution in [3.05, 3.63) is 41.0 Å². The number of amides is 2. The molecule has 31 heavy (non-hydrogen) atoms. The average Bonchev–Trinajstić information content (AvgIpc) is 3.24. The molecule has 8 nitrogen and oxygen atoms in total. The first kappa shape index (κ1) is 19.5. The molecular weight excluding hydrogens is 392 g/mol. The Morgan fingerprint density at radius 2 is 2.03 bits per heavy atom. The fraction of sp³-hybridized carbons (Fsp3) is 0.435. The molecule has 3 heterocycles. The molecule has 2 N–H and O–H groups in total. The number of hydrogen-bond acceptors (Lipinski definition) is 6. The van der Waals surface area contributed by atoms with Crippen molar-refractivity contribution in [1.29, 1.82) is 5.26 Å². The second-order valence-corrected chi connectivity index (χ2v) is 8.40. The molecule has 1 aromatic rings. The number of fused-ring (bicyclic) bond motifs is 2. The fourth-order valence-electron chi connectivity index (χ4n) is 4.83. The van der Waals surface area contributed by atoms with Gasteiger partial charge in [0.1, 0.15) is 17.5 Å². The lowest BCUT2D eigenvalue weighted by Crippen LogP contribution is -2.51. The van der Waals surface area contributed by atoms with E-state index in [4.69, 9.17) is 4.99 Å². The third-order valence-corrected chi connectivity index (χ3v) is 6.38. The summed E-state index contributed by atoms with van der Waals surface area (Å²) in [7, 11) is 0. The van der Waals surface area contributed by atoms with Crippen LogP contribution >= 0.6 is 0 Å². The SMILES string of the molecule is N#CC1=CC2CN=C(Nc3ccc4c(c3)CCCNC4=O)N=C2N(C2CCCC2)C1=O. The highest BCUT2D eigenvalue weighted by molar-refractivity contribution is 6.16. The van der Waals surface area contributed by atoms with Gasteiger partial charge in [0.05, 0.1) is 12.5 Å². The maximum absolute atomic E-state index is 12.9. The highest BCUT2D eigenvalue weighted by atomic mass is 16.2. The zero-order chi connectivity index (χ0) is 21.4. The maximum Gasteiger partial charge on any atom is 0.269 e. The monoisotopic (exact) mass is 416 g/mol. The number of aryl methyl sites for hydroxylation is 1. The van der Waals surface area contributed by atoms with E-state index >= 15 is 0 Å². The van der Waals surface area contributed by atoms with Gasteiger partial charge in [0, 0.05) is 23.8 Å². The summed E-state index contributed by atoms with van der Waals surface area (Å²) in [5.74, 6) is 0.692. The van der Waals surface area contributed by atoms with Crippen molar-refractivity contribution in [2.24, 2.45) is 15.9 Å². The van der Waals surface area contributed by atoms with Gasteiger partial charge in [-0.15, -0.1) is 0 Å². The summed E-state index contributed by atoms with van der Waals surface area (Å²) in [5.41, 5.74) is 2.72. The number of rotatable bonds is 2. The molecule has 0 saturated heterocycles. The van der Waals surface area contributed by atoms with Crippen LogP contribution in [0.4, 0.5) is 5.69 Å². The predicted octanol–water partition coefficient (Wildman–Crippen LogP) is 2.39. The molecule has 1 aromatic carbocycles. The number of carbonyl (C=O) groups is 2. The second-order valence-electron chi connectivity index (χ2n) is 8.40. The van der Waals surface area contributed by atoms with Crippen molar-refractivity contribution in [2.75, 3.05) is 18.4 Å². The average molecular weight is 416 g/mol. The van der Waals surface area contributed by atoms with Crippen molar-refractivity contribution < 1.29 is 9.59 Å². The zero-order valence-corrected chi connectivity index (χ0v) is 17.2. The minimum absolute atomic E-state index is 0.0369. The van der Waals surface area contributed by atoms with Crippen molar-refractivity contribution in [2.45, 2.75) is 44.6 Å². The zero-order valence-electron chi connectivity index (χ0n) is 17.2. The molecule has 0 aromatic heterocycles. The highest BCUT2D eigenvalue weighted by Gasteiger charge is 2.40. The molecule has 4 aliphatic rings. The van der Waals surface area contributed by atoms with Crippen LogP contribution in [-0.4, -0.2) is 47.6 Å². The molecule has 0 bridgehead atoms. The van der Waals surface area contributed by atoms with E-state index in [1.807, 2.05) is 24.3 Å². The Morgan fingerprint density at radius 1 is 1.19 bits per heavy atom. The van der Waals surface area contributed by atoms with E-state index in [2.05, 4.69) is 15.6 Å². The molecule has 158 valence electrons. The lowest BCUT2D eigenvalue weighted by Gasteiger charge is -2.37. The van der Waals surface area contributed by atoms with E-state index in [1.54, 1.807) is 11.0 Å². The number of hydrogen-bond donors (Lipinski definition) is 2. The summed E-state index contributed by atoms with van der Waals surface area (Å²) < 4.78 is 0. The summed E-state index contributed by atoms with van der Waals surface area (Å²) in [6.07, 6.45) is 7.47.